The first-order chi connectivity index (χ1) is 10.6. The monoisotopic (exact) mass is 298 g/mol. The summed E-state index contributed by atoms with van der Waals surface area (Å²) in [6, 6.07) is 17.2. The van der Waals surface area contributed by atoms with Gasteiger partial charge >= 0.3 is 12.0 Å². The molecule has 0 aliphatic carbocycles. The smallest absolute Gasteiger partial charge is 0.326 e. The lowest BCUT2D eigenvalue weighted by Gasteiger charge is -2.15. The van der Waals surface area contributed by atoms with Crippen LogP contribution in [-0.2, 0) is 17.8 Å². The Balaban J connectivity index is 1.88. The molecule has 2 aromatic carbocycles. The van der Waals surface area contributed by atoms with Crippen LogP contribution in [0.3, 0.4) is 0 Å². The van der Waals surface area contributed by atoms with Gasteiger partial charge in [0.2, 0.25) is 0 Å². The van der Waals surface area contributed by atoms with Crippen molar-refractivity contribution in [3.8, 4) is 0 Å². The Bertz CT molecular complexity index is 614. The van der Waals surface area contributed by atoms with Crippen LogP contribution in [-0.4, -0.2) is 23.1 Å². The number of benzene rings is 2. The average molecular weight is 298 g/mol. The lowest BCUT2D eigenvalue weighted by atomic mass is 10.1. The summed E-state index contributed by atoms with van der Waals surface area (Å²) in [5.74, 6) is -1.06. The Kier molecular flexibility index (Phi) is 5.54. The molecule has 1 atom stereocenters. The number of carbonyl (C=O) groups is 2. The molecular weight excluding hydrogens is 280 g/mol. The number of hydrogen-bond acceptors (Lipinski definition) is 2. The first-order valence-electron chi connectivity index (χ1n) is 7.00. The highest BCUT2D eigenvalue weighted by molar-refractivity contribution is 5.82. The zero-order valence-corrected chi connectivity index (χ0v) is 12.0. The fourth-order valence-corrected chi connectivity index (χ4v) is 2.04. The van der Waals surface area contributed by atoms with E-state index in [9.17, 15) is 14.7 Å². The van der Waals surface area contributed by atoms with Crippen molar-refractivity contribution in [2.45, 2.75) is 19.0 Å². The number of rotatable bonds is 6. The van der Waals surface area contributed by atoms with Crippen molar-refractivity contribution < 1.29 is 14.7 Å². The summed E-state index contributed by atoms with van der Waals surface area (Å²) in [6.45, 7) is 0.352. The SMILES string of the molecule is O=C(NCc1ccccc1)N[C@H](Cc1ccccc1)C(=O)O. The van der Waals surface area contributed by atoms with E-state index < -0.39 is 18.0 Å². The minimum absolute atomic E-state index is 0.245. The van der Waals surface area contributed by atoms with Gasteiger partial charge in [-0.3, -0.25) is 0 Å². The molecule has 0 saturated carbocycles. The largest absolute Gasteiger partial charge is 0.480 e. The Morgan fingerprint density at radius 3 is 2.00 bits per heavy atom. The molecule has 0 unspecified atom stereocenters. The average Bonchev–Trinajstić information content (AvgIpc) is 2.54. The van der Waals surface area contributed by atoms with Gasteiger partial charge in [-0.2, -0.15) is 0 Å². The van der Waals surface area contributed by atoms with E-state index in [-0.39, 0.29) is 6.42 Å². The minimum atomic E-state index is -1.06. The van der Waals surface area contributed by atoms with Crippen molar-refractivity contribution in [3.63, 3.8) is 0 Å². The lowest BCUT2D eigenvalue weighted by molar-refractivity contribution is -0.139. The Morgan fingerprint density at radius 1 is 0.909 bits per heavy atom. The quantitative estimate of drug-likeness (QED) is 0.765. The molecule has 0 aliphatic rings. The highest BCUT2D eigenvalue weighted by atomic mass is 16.4. The number of carboxylic acid groups (broad SMARTS) is 1. The first-order valence-corrected chi connectivity index (χ1v) is 7.00. The maximum absolute atomic E-state index is 11.8. The molecule has 0 bridgehead atoms. The summed E-state index contributed by atoms with van der Waals surface area (Å²) in [7, 11) is 0. The first kappa shape index (κ1) is 15.6. The van der Waals surface area contributed by atoms with E-state index in [0.717, 1.165) is 11.1 Å². The van der Waals surface area contributed by atoms with Gasteiger partial charge in [-0.05, 0) is 11.1 Å². The summed E-state index contributed by atoms with van der Waals surface area (Å²) in [5.41, 5.74) is 1.81. The number of amides is 2. The van der Waals surface area contributed by atoms with Gasteiger partial charge in [-0.1, -0.05) is 60.7 Å². The van der Waals surface area contributed by atoms with E-state index in [1.54, 1.807) is 0 Å². The summed E-state index contributed by atoms with van der Waals surface area (Å²) < 4.78 is 0. The lowest BCUT2D eigenvalue weighted by Crippen LogP contribution is -2.46. The van der Waals surface area contributed by atoms with Crippen LogP contribution in [0.2, 0.25) is 0 Å². The van der Waals surface area contributed by atoms with Gasteiger partial charge in [0.05, 0.1) is 0 Å². The molecule has 0 spiro atoms. The van der Waals surface area contributed by atoms with Crippen LogP contribution in [0.25, 0.3) is 0 Å². The van der Waals surface area contributed by atoms with Crippen molar-refractivity contribution in [1.82, 2.24) is 10.6 Å². The van der Waals surface area contributed by atoms with Crippen LogP contribution < -0.4 is 10.6 Å². The second kappa shape index (κ2) is 7.83. The van der Waals surface area contributed by atoms with E-state index >= 15 is 0 Å². The van der Waals surface area contributed by atoms with Crippen LogP contribution in [0.1, 0.15) is 11.1 Å². The van der Waals surface area contributed by atoms with Gasteiger partial charge in [0.25, 0.3) is 0 Å². The standard InChI is InChI=1S/C17H18N2O3/c20-16(21)15(11-13-7-3-1-4-8-13)19-17(22)18-12-14-9-5-2-6-10-14/h1-10,15H,11-12H2,(H,20,21)(H2,18,19,22)/t15-/m1/s1. The summed E-state index contributed by atoms with van der Waals surface area (Å²) in [6.07, 6.45) is 0.245. The van der Waals surface area contributed by atoms with Crippen LogP contribution >= 0.6 is 0 Å². The summed E-state index contributed by atoms with van der Waals surface area (Å²) in [4.78, 5) is 23.1. The van der Waals surface area contributed by atoms with Crippen molar-refractivity contribution in [2.75, 3.05) is 0 Å². The number of urea groups is 1. The molecule has 2 aromatic rings. The van der Waals surface area contributed by atoms with E-state index in [4.69, 9.17) is 0 Å². The van der Waals surface area contributed by atoms with Gasteiger partial charge in [0.15, 0.2) is 0 Å². The van der Waals surface area contributed by atoms with E-state index in [1.165, 1.54) is 0 Å². The zero-order chi connectivity index (χ0) is 15.8. The van der Waals surface area contributed by atoms with Gasteiger partial charge in [0.1, 0.15) is 6.04 Å². The second-order valence-electron chi connectivity index (χ2n) is 4.89. The van der Waals surface area contributed by atoms with Crippen LogP contribution in [0.5, 0.6) is 0 Å². The molecule has 0 aliphatic heterocycles. The fourth-order valence-electron chi connectivity index (χ4n) is 2.04. The summed E-state index contributed by atoms with van der Waals surface area (Å²) in [5, 5.41) is 14.4. The molecule has 0 aromatic heterocycles. The maximum Gasteiger partial charge on any atom is 0.326 e. The predicted molar refractivity (Wildman–Crippen MR) is 83.4 cm³/mol. The van der Waals surface area contributed by atoms with Gasteiger partial charge in [-0.15, -0.1) is 0 Å². The van der Waals surface area contributed by atoms with Crippen LogP contribution in [0, 0.1) is 0 Å². The Labute approximate surface area is 129 Å². The van der Waals surface area contributed by atoms with Crippen molar-refractivity contribution in [2.24, 2.45) is 0 Å². The van der Waals surface area contributed by atoms with Gasteiger partial charge in [-0.25, -0.2) is 9.59 Å². The van der Waals surface area contributed by atoms with E-state index in [2.05, 4.69) is 10.6 Å². The number of aliphatic carboxylic acids is 1. The molecule has 0 fully saturated rings. The molecule has 114 valence electrons. The number of hydrogen-bond donors (Lipinski definition) is 3. The minimum Gasteiger partial charge on any atom is -0.480 e. The summed E-state index contributed by atoms with van der Waals surface area (Å²) >= 11 is 0. The molecule has 3 N–H and O–H groups in total. The molecule has 22 heavy (non-hydrogen) atoms. The molecule has 0 saturated heterocycles. The topological polar surface area (TPSA) is 78.4 Å². The molecule has 0 radical (unpaired) electrons. The fraction of sp³-hybridized carbons (Fsp3) is 0.176. The Morgan fingerprint density at radius 2 is 1.45 bits per heavy atom. The highest BCUT2D eigenvalue weighted by Gasteiger charge is 2.20. The molecule has 5 nitrogen and oxygen atoms in total. The molecular formula is C17H18N2O3. The van der Waals surface area contributed by atoms with Gasteiger partial charge < -0.3 is 15.7 Å². The molecule has 0 heterocycles. The second-order valence-corrected chi connectivity index (χ2v) is 4.89. The Hall–Kier alpha value is -2.82. The normalized spacial score (nSPS) is 11.5. The number of carboxylic acids is 1. The molecule has 2 rings (SSSR count). The number of carbonyl (C=O) groups excluding carboxylic acids is 1. The third-order valence-electron chi connectivity index (χ3n) is 3.18. The third kappa shape index (κ3) is 4.94. The van der Waals surface area contributed by atoms with Crippen LogP contribution in [0.15, 0.2) is 60.7 Å². The van der Waals surface area contributed by atoms with Crippen molar-refractivity contribution in [1.29, 1.82) is 0 Å². The molecule has 2 amide bonds. The molecule has 5 heteroatoms. The van der Waals surface area contributed by atoms with Crippen LogP contribution in [0.4, 0.5) is 4.79 Å². The highest BCUT2D eigenvalue weighted by Crippen LogP contribution is 2.03. The van der Waals surface area contributed by atoms with Crippen molar-refractivity contribution >= 4 is 12.0 Å². The maximum atomic E-state index is 11.8. The van der Waals surface area contributed by atoms with Gasteiger partial charge in [0, 0.05) is 13.0 Å². The van der Waals surface area contributed by atoms with E-state index in [0.29, 0.717) is 6.54 Å². The zero-order valence-electron chi connectivity index (χ0n) is 12.0. The number of nitrogens with one attached hydrogen (secondary N) is 2. The van der Waals surface area contributed by atoms with Crippen molar-refractivity contribution in [3.05, 3.63) is 71.8 Å². The third-order valence-corrected chi connectivity index (χ3v) is 3.18. The van der Waals surface area contributed by atoms with E-state index in [1.807, 2.05) is 60.7 Å². The predicted octanol–water partition coefficient (Wildman–Crippen LogP) is 2.18.